The molecule has 0 bridgehead atoms. The third-order valence-corrected chi connectivity index (χ3v) is 3.62. The average molecular weight is 377 g/mol. The van der Waals surface area contributed by atoms with Crippen LogP contribution >= 0.6 is 15.9 Å². The number of nitrogens with one attached hydrogen (secondary N) is 2. The number of carbonyl (C=O) groups excluding carboxylic acids is 2. The summed E-state index contributed by atoms with van der Waals surface area (Å²) < 4.78 is 6.47. The van der Waals surface area contributed by atoms with Crippen LogP contribution in [-0.2, 0) is 4.79 Å². The van der Waals surface area contributed by atoms with Crippen LogP contribution in [0.25, 0.3) is 0 Å². The Kier molecular flexibility index (Phi) is 5.76. The Labute approximate surface area is 143 Å². The Morgan fingerprint density at radius 3 is 2.65 bits per heavy atom. The fourth-order valence-corrected chi connectivity index (χ4v) is 2.47. The molecular weight excluding hydrogens is 360 g/mol. The van der Waals surface area contributed by atoms with E-state index in [0.717, 1.165) is 10.0 Å². The summed E-state index contributed by atoms with van der Waals surface area (Å²) in [6.07, 6.45) is 0. The summed E-state index contributed by atoms with van der Waals surface area (Å²) in [6, 6.07) is 12.3. The van der Waals surface area contributed by atoms with Gasteiger partial charge in [0, 0.05) is 22.8 Å². The maximum absolute atomic E-state index is 12.0. The van der Waals surface area contributed by atoms with Gasteiger partial charge in [0.05, 0.1) is 0 Å². The first kappa shape index (κ1) is 17.0. The molecule has 0 heterocycles. The van der Waals surface area contributed by atoms with Gasteiger partial charge in [-0.2, -0.15) is 0 Å². The zero-order valence-corrected chi connectivity index (χ0v) is 14.4. The van der Waals surface area contributed by atoms with Crippen molar-refractivity contribution in [1.82, 2.24) is 5.32 Å². The largest absolute Gasteiger partial charge is 0.483 e. The molecule has 2 aromatic rings. The van der Waals surface area contributed by atoms with Gasteiger partial charge in [0.2, 0.25) is 0 Å². The maximum Gasteiger partial charge on any atom is 0.262 e. The molecule has 0 aliphatic rings. The molecular formula is C17H17BrN2O3. The smallest absolute Gasteiger partial charge is 0.262 e. The third-order valence-electron chi connectivity index (χ3n) is 3.13. The van der Waals surface area contributed by atoms with Gasteiger partial charge in [0.1, 0.15) is 5.75 Å². The number of benzene rings is 2. The van der Waals surface area contributed by atoms with Crippen LogP contribution in [-0.4, -0.2) is 25.5 Å². The predicted octanol–water partition coefficient (Wildman–Crippen LogP) is 3.13. The first-order valence-electron chi connectivity index (χ1n) is 7.00. The van der Waals surface area contributed by atoms with Crippen LogP contribution < -0.4 is 15.4 Å². The zero-order valence-electron chi connectivity index (χ0n) is 12.9. The van der Waals surface area contributed by atoms with Crippen LogP contribution in [0.2, 0.25) is 0 Å². The number of rotatable bonds is 5. The molecule has 0 aliphatic carbocycles. The van der Waals surface area contributed by atoms with Crippen LogP contribution in [0.15, 0.2) is 46.9 Å². The number of carbonyl (C=O) groups is 2. The number of anilines is 1. The Balaban J connectivity index is 1.96. The highest BCUT2D eigenvalue weighted by Gasteiger charge is 2.08. The third kappa shape index (κ3) is 4.82. The summed E-state index contributed by atoms with van der Waals surface area (Å²) in [7, 11) is 1.56. The summed E-state index contributed by atoms with van der Waals surface area (Å²) in [5.41, 5.74) is 1.97. The molecule has 2 rings (SSSR count). The summed E-state index contributed by atoms with van der Waals surface area (Å²) >= 11 is 3.38. The molecule has 0 spiro atoms. The van der Waals surface area contributed by atoms with Crippen LogP contribution in [0.3, 0.4) is 0 Å². The van der Waals surface area contributed by atoms with Crippen molar-refractivity contribution in [3.8, 4) is 5.75 Å². The minimum Gasteiger partial charge on any atom is -0.483 e. The number of aryl methyl sites for hydroxylation is 1. The zero-order chi connectivity index (χ0) is 16.8. The lowest BCUT2D eigenvalue weighted by molar-refractivity contribution is -0.118. The van der Waals surface area contributed by atoms with Crippen molar-refractivity contribution < 1.29 is 14.3 Å². The van der Waals surface area contributed by atoms with Crippen molar-refractivity contribution in [3.05, 3.63) is 58.1 Å². The highest BCUT2D eigenvalue weighted by Crippen LogP contribution is 2.22. The van der Waals surface area contributed by atoms with Gasteiger partial charge in [-0.3, -0.25) is 9.59 Å². The second-order valence-electron chi connectivity index (χ2n) is 4.91. The van der Waals surface area contributed by atoms with E-state index in [9.17, 15) is 9.59 Å². The number of hydrogen-bond acceptors (Lipinski definition) is 3. The van der Waals surface area contributed by atoms with Gasteiger partial charge >= 0.3 is 0 Å². The van der Waals surface area contributed by atoms with Gasteiger partial charge in [-0.15, -0.1) is 0 Å². The Morgan fingerprint density at radius 2 is 1.96 bits per heavy atom. The van der Waals surface area contributed by atoms with E-state index in [1.54, 1.807) is 37.4 Å². The maximum atomic E-state index is 12.0. The fraction of sp³-hybridized carbons (Fsp3) is 0.176. The van der Waals surface area contributed by atoms with Gasteiger partial charge in [0.25, 0.3) is 11.8 Å². The normalized spacial score (nSPS) is 10.0. The standard InChI is InChI=1S/C17H17BrN2O3/c1-11-8-13(18)6-7-15(11)23-10-16(21)20-14-5-3-4-12(9-14)17(22)19-2/h3-9H,10H2,1-2H3,(H,19,22)(H,20,21). The van der Waals surface area contributed by atoms with E-state index in [0.29, 0.717) is 17.0 Å². The topological polar surface area (TPSA) is 67.4 Å². The molecule has 2 aromatic carbocycles. The molecule has 5 nitrogen and oxygen atoms in total. The second-order valence-corrected chi connectivity index (χ2v) is 5.82. The van der Waals surface area contributed by atoms with E-state index in [4.69, 9.17) is 4.74 Å². The van der Waals surface area contributed by atoms with Crippen molar-refractivity contribution >= 4 is 33.4 Å². The predicted molar refractivity (Wildman–Crippen MR) is 92.8 cm³/mol. The minimum atomic E-state index is -0.290. The Hall–Kier alpha value is -2.34. The molecule has 0 radical (unpaired) electrons. The molecule has 0 aromatic heterocycles. The monoisotopic (exact) mass is 376 g/mol. The first-order chi connectivity index (χ1) is 11.0. The van der Waals surface area contributed by atoms with E-state index in [1.165, 1.54) is 0 Å². The van der Waals surface area contributed by atoms with Gasteiger partial charge in [-0.25, -0.2) is 0 Å². The molecule has 0 unspecified atom stereocenters. The van der Waals surface area contributed by atoms with Crippen molar-refractivity contribution in [3.63, 3.8) is 0 Å². The quantitative estimate of drug-likeness (QED) is 0.842. The van der Waals surface area contributed by atoms with Crippen molar-refractivity contribution in [2.75, 3.05) is 19.0 Å². The number of hydrogen-bond donors (Lipinski definition) is 2. The highest BCUT2D eigenvalue weighted by molar-refractivity contribution is 9.10. The van der Waals surface area contributed by atoms with Gasteiger partial charge < -0.3 is 15.4 Å². The van der Waals surface area contributed by atoms with Crippen LogP contribution in [0.5, 0.6) is 5.75 Å². The molecule has 0 saturated carbocycles. The first-order valence-corrected chi connectivity index (χ1v) is 7.80. The second kappa shape index (κ2) is 7.78. The number of ether oxygens (including phenoxy) is 1. The molecule has 0 atom stereocenters. The van der Waals surface area contributed by atoms with Crippen LogP contribution in [0.4, 0.5) is 5.69 Å². The van der Waals surface area contributed by atoms with Gasteiger partial charge in [0.15, 0.2) is 6.61 Å². The summed E-state index contributed by atoms with van der Waals surface area (Å²) in [5, 5.41) is 5.25. The van der Waals surface area contributed by atoms with Crippen molar-refractivity contribution in [2.24, 2.45) is 0 Å². The van der Waals surface area contributed by atoms with E-state index in [-0.39, 0.29) is 18.4 Å². The fourth-order valence-electron chi connectivity index (χ4n) is 2.00. The van der Waals surface area contributed by atoms with Gasteiger partial charge in [-0.1, -0.05) is 22.0 Å². The number of amides is 2. The molecule has 0 saturated heterocycles. The lowest BCUT2D eigenvalue weighted by atomic mass is 10.2. The molecule has 23 heavy (non-hydrogen) atoms. The Bertz CT molecular complexity index is 732. The van der Waals surface area contributed by atoms with E-state index in [1.807, 2.05) is 19.1 Å². The summed E-state index contributed by atoms with van der Waals surface area (Å²) in [6.45, 7) is 1.80. The Morgan fingerprint density at radius 1 is 1.17 bits per heavy atom. The summed E-state index contributed by atoms with van der Waals surface area (Å²) in [5.74, 6) is 0.159. The van der Waals surface area contributed by atoms with Gasteiger partial charge in [-0.05, 0) is 48.9 Å². The SMILES string of the molecule is CNC(=O)c1cccc(NC(=O)COc2ccc(Br)cc2C)c1. The highest BCUT2D eigenvalue weighted by atomic mass is 79.9. The van der Waals surface area contributed by atoms with Crippen LogP contribution in [0, 0.1) is 6.92 Å². The van der Waals surface area contributed by atoms with E-state index >= 15 is 0 Å². The lowest BCUT2D eigenvalue weighted by Crippen LogP contribution is -2.21. The minimum absolute atomic E-state index is 0.104. The van der Waals surface area contributed by atoms with Crippen molar-refractivity contribution in [2.45, 2.75) is 6.92 Å². The molecule has 2 N–H and O–H groups in total. The molecule has 6 heteroatoms. The van der Waals surface area contributed by atoms with E-state index < -0.39 is 0 Å². The molecule has 2 amide bonds. The van der Waals surface area contributed by atoms with Crippen LogP contribution in [0.1, 0.15) is 15.9 Å². The van der Waals surface area contributed by atoms with E-state index in [2.05, 4.69) is 26.6 Å². The lowest BCUT2D eigenvalue weighted by Gasteiger charge is -2.10. The number of halogens is 1. The molecule has 0 fully saturated rings. The summed E-state index contributed by atoms with van der Waals surface area (Å²) in [4.78, 5) is 23.5. The average Bonchev–Trinajstić information content (AvgIpc) is 2.53. The molecule has 0 aliphatic heterocycles. The van der Waals surface area contributed by atoms with Crippen molar-refractivity contribution in [1.29, 1.82) is 0 Å². The molecule has 120 valence electrons.